The Hall–Kier alpha value is -0.120. The van der Waals surface area contributed by atoms with Crippen LogP contribution in [0.2, 0.25) is 0 Å². The second-order valence-corrected chi connectivity index (χ2v) is 7.32. The highest BCUT2D eigenvalue weighted by Gasteiger charge is 2.09. The summed E-state index contributed by atoms with van der Waals surface area (Å²) in [7, 11) is 0. The topological polar surface area (TPSA) is 30.5 Å². The first-order valence-electron chi connectivity index (χ1n) is 7.07. The molecule has 0 aromatic rings. The van der Waals surface area contributed by atoms with E-state index in [0.717, 1.165) is 45.9 Å². The standard InChI is InChI=1S/C15H33NO2/c1-14(2,3)12-16-8-11-17-9-7-10-18-13-15(4,5)6/h16H,7-13H2,1-6H3. The molecule has 110 valence electrons. The minimum atomic E-state index is 0.262. The molecule has 1 N–H and O–H groups in total. The Morgan fingerprint density at radius 2 is 1.39 bits per heavy atom. The fourth-order valence-electron chi connectivity index (χ4n) is 1.35. The Balaban J connectivity index is 3.13. The van der Waals surface area contributed by atoms with Crippen molar-refractivity contribution in [3.05, 3.63) is 0 Å². The largest absolute Gasteiger partial charge is 0.381 e. The van der Waals surface area contributed by atoms with Gasteiger partial charge in [0.25, 0.3) is 0 Å². The molecule has 0 aliphatic rings. The fourth-order valence-corrected chi connectivity index (χ4v) is 1.35. The van der Waals surface area contributed by atoms with Crippen LogP contribution in [-0.2, 0) is 9.47 Å². The van der Waals surface area contributed by atoms with Crippen molar-refractivity contribution < 1.29 is 9.47 Å². The van der Waals surface area contributed by atoms with Crippen LogP contribution in [0.15, 0.2) is 0 Å². The summed E-state index contributed by atoms with van der Waals surface area (Å²) in [6.45, 7) is 18.4. The minimum Gasteiger partial charge on any atom is -0.381 e. The predicted molar refractivity (Wildman–Crippen MR) is 78.0 cm³/mol. The van der Waals surface area contributed by atoms with E-state index < -0.39 is 0 Å². The van der Waals surface area contributed by atoms with Gasteiger partial charge in [0.15, 0.2) is 0 Å². The first kappa shape index (κ1) is 17.9. The third kappa shape index (κ3) is 15.9. The Labute approximate surface area is 114 Å². The monoisotopic (exact) mass is 259 g/mol. The van der Waals surface area contributed by atoms with E-state index in [1.165, 1.54) is 0 Å². The van der Waals surface area contributed by atoms with Gasteiger partial charge < -0.3 is 14.8 Å². The molecule has 0 bridgehead atoms. The molecule has 0 saturated carbocycles. The highest BCUT2D eigenvalue weighted by atomic mass is 16.5. The first-order chi connectivity index (χ1) is 8.21. The highest BCUT2D eigenvalue weighted by molar-refractivity contribution is 4.64. The van der Waals surface area contributed by atoms with Gasteiger partial charge >= 0.3 is 0 Å². The van der Waals surface area contributed by atoms with Crippen molar-refractivity contribution in [1.82, 2.24) is 5.32 Å². The maximum Gasteiger partial charge on any atom is 0.0590 e. The Morgan fingerprint density at radius 1 is 0.778 bits per heavy atom. The quantitative estimate of drug-likeness (QED) is 0.645. The lowest BCUT2D eigenvalue weighted by atomic mass is 9.97. The van der Waals surface area contributed by atoms with Crippen molar-refractivity contribution in [2.45, 2.75) is 48.0 Å². The molecule has 3 nitrogen and oxygen atoms in total. The van der Waals surface area contributed by atoms with Gasteiger partial charge in [0.05, 0.1) is 13.2 Å². The molecule has 0 radical (unpaired) electrons. The van der Waals surface area contributed by atoms with E-state index in [-0.39, 0.29) is 5.41 Å². The molecule has 0 rings (SSSR count). The number of rotatable bonds is 9. The summed E-state index contributed by atoms with van der Waals surface area (Å²) in [6.07, 6.45) is 0.981. The second-order valence-electron chi connectivity index (χ2n) is 7.32. The van der Waals surface area contributed by atoms with Gasteiger partial charge in [-0.05, 0) is 17.3 Å². The molecule has 0 saturated heterocycles. The van der Waals surface area contributed by atoms with E-state index in [0.29, 0.717) is 5.41 Å². The maximum absolute atomic E-state index is 5.57. The van der Waals surface area contributed by atoms with Gasteiger partial charge in [0.2, 0.25) is 0 Å². The molecule has 0 aromatic heterocycles. The van der Waals surface area contributed by atoms with Crippen LogP contribution in [0.3, 0.4) is 0 Å². The van der Waals surface area contributed by atoms with Crippen LogP contribution in [-0.4, -0.2) is 39.5 Å². The summed E-state index contributed by atoms with van der Waals surface area (Å²) < 4.78 is 11.1. The maximum atomic E-state index is 5.57. The molecule has 0 amide bonds. The fraction of sp³-hybridized carbons (Fsp3) is 1.00. The van der Waals surface area contributed by atoms with Crippen LogP contribution in [0.4, 0.5) is 0 Å². The van der Waals surface area contributed by atoms with Gasteiger partial charge in [-0.2, -0.15) is 0 Å². The summed E-state index contributed by atoms with van der Waals surface area (Å²) in [6, 6.07) is 0. The molecule has 18 heavy (non-hydrogen) atoms. The number of hydrogen-bond donors (Lipinski definition) is 1. The molecule has 0 unspecified atom stereocenters. The Bertz CT molecular complexity index is 170. The van der Waals surface area contributed by atoms with Crippen LogP contribution in [0, 0.1) is 10.8 Å². The lowest BCUT2D eigenvalue weighted by molar-refractivity contribution is 0.0487. The molecule has 0 heterocycles. The van der Waals surface area contributed by atoms with E-state index in [1.54, 1.807) is 0 Å². The molecular formula is C15H33NO2. The van der Waals surface area contributed by atoms with E-state index in [2.05, 4.69) is 46.9 Å². The summed E-state index contributed by atoms with van der Waals surface area (Å²) in [4.78, 5) is 0. The van der Waals surface area contributed by atoms with Crippen LogP contribution < -0.4 is 5.32 Å². The zero-order valence-electron chi connectivity index (χ0n) is 13.3. The van der Waals surface area contributed by atoms with Gasteiger partial charge in [0, 0.05) is 26.3 Å². The third-order valence-electron chi connectivity index (χ3n) is 2.19. The van der Waals surface area contributed by atoms with Crippen LogP contribution in [0.5, 0.6) is 0 Å². The van der Waals surface area contributed by atoms with Gasteiger partial charge in [-0.3, -0.25) is 0 Å². The van der Waals surface area contributed by atoms with Gasteiger partial charge in [-0.15, -0.1) is 0 Å². The number of ether oxygens (including phenoxy) is 2. The smallest absolute Gasteiger partial charge is 0.0590 e. The Morgan fingerprint density at radius 3 is 1.94 bits per heavy atom. The van der Waals surface area contributed by atoms with Gasteiger partial charge in [-0.1, -0.05) is 41.5 Å². The average molecular weight is 259 g/mol. The Kier molecular flexibility index (Phi) is 8.83. The molecule has 0 atom stereocenters. The van der Waals surface area contributed by atoms with Gasteiger partial charge in [-0.25, -0.2) is 0 Å². The first-order valence-corrected chi connectivity index (χ1v) is 7.07. The van der Waals surface area contributed by atoms with Crippen molar-refractivity contribution in [3.8, 4) is 0 Å². The van der Waals surface area contributed by atoms with E-state index in [9.17, 15) is 0 Å². The SMILES string of the molecule is CC(C)(C)CNCCOCCCOCC(C)(C)C. The van der Waals surface area contributed by atoms with E-state index >= 15 is 0 Å². The lowest BCUT2D eigenvalue weighted by Gasteiger charge is -2.19. The zero-order valence-corrected chi connectivity index (χ0v) is 13.3. The van der Waals surface area contributed by atoms with Gasteiger partial charge in [0.1, 0.15) is 0 Å². The van der Waals surface area contributed by atoms with Crippen LogP contribution in [0.1, 0.15) is 48.0 Å². The van der Waals surface area contributed by atoms with E-state index in [1.807, 2.05) is 0 Å². The summed E-state index contributed by atoms with van der Waals surface area (Å²) in [5.41, 5.74) is 0.610. The lowest BCUT2D eigenvalue weighted by Crippen LogP contribution is -2.29. The summed E-state index contributed by atoms with van der Waals surface area (Å²) in [5, 5.41) is 3.39. The van der Waals surface area contributed by atoms with Crippen LogP contribution >= 0.6 is 0 Å². The molecule has 0 spiro atoms. The zero-order chi connectivity index (χ0) is 14.1. The van der Waals surface area contributed by atoms with Crippen molar-refractivity contribution in [2.75, 3.05) is 39.5 Å². The van der Waals surface area contributed by atoms with Crippen molar-refractivity contribution in [3.63, 3.8) is 0 Å². The molecule has 0 aromatic carbocycles. The van der Waals surface area contributed by atoms with Crippen molar-refractivity contribution >= 4 is 0 Å². The molecule has 0 aliphatic carbocycles. The molecule has 0 aliphatic heterocycles. The summed E-state index contributed by atoms with van der Waals surface area (Å²) >= 11 is 0. The second kappa shape index (κ2) is 8.89. The van der Waals surface area contributed by atoms with E-state index in [4.69, 9.17) is 9.47 Å². The normalized spacial score (nSPS) is 13.0. The molecule has 3 heteroatoms. The average Bonchev–Trinajstić information content (AvgIpc) is 2.17. The molecular weight excluding hydrogens is 226 g/mol. The van der Waals surface area contributed by atoms with Crippen molar-refractivity contribution in [1.29, 1.82) is 0 Å². The number of nitrogens with one attached hydrogen (secondary N) is 1. The third-order valence-corrected chi connectivity index (χ3v) is 2.19. The minimum absolute atomic E-state index is 0.262. The highest BCUT2D eigenvalue weighted by Crippen LogP contribution is 2.12. The predicted octanol–water partition coefficient (Wildman–Crippen LogP) is 3.09. The van der Waals surface area contributed by atoms with Crippen LogP contribution in [0.25, 0.3) is 0 Å². The molecule has 0 fully saturated rings. The van der Waals surface area contributed by atoms with Crippen molar-refractivity contribution in [2.24, 2.45) is 10.8 Å². The number of hydrogen-bond acceptors (Lipinski definition) is 3. The summed E-state index contributed by atoms with van der Waals surface area (Å²) in [5.74, 6) is 0.